The fourth-order valence-corrected chi connectivity index (χ4v) is 7.31. The van der Waals surface area contributed by atoms with E-state index in [9.17, 15) is 24.9 Å². The predicted molar refractivity (Wildman–Crippen MR) is 146 cm³/mol. The van der Waals surface area contributed by atoms with Crippen LogP contribution in [0.4, 0.5) is 0 Å². The molecule has 0 aromatic heterocycles. The molecule has 7 nitrogen and oxygen atoms in total. The number of esters is 1. The van der Waals surface area contributed by atoms with Crippen molar-refractivity contribution in [3.63, 3.8) is 0 Å². The van der Waals surface area contributed by atoms with E-state index in [4.69, 9.17) is 9.84 Å². The Morgan fingerprint density at radius 2 is 1.89 bits per heavy atom. The number of carbonyl (C=O) groups is 2. The fraction of sp³-hybridized carbons (Fsp3) is 0.742. The van der Waals surface area contributed by atoms with E-state index in [2.05, 4.69) is 26.5 Å². The standard InChI is InChI=1S/C31H48O7/c1-19(7-6-14-30(3,4)37)25-10-11-26-22(9-8-21-15-23(32)17-27(33)20(21)2)16-24(18-31(25,26)5)38-29(36)13-12-28(34)35/h8-9,19,23-27,32-33,37H,2,6-7,10-18H2,1,3-5H3,(H,34,35)/b21-8-,22-9+/t19-,23-,24+,25-,26+,27+,31-/m1/s1. The zero-order valence-corrected chi connectivity index (χ0v) is 23.6. The fourth-order valence-electron chi connectivity index (χ4n) is 7.31. The van der Waals surface area contributed by atoms with Gasteiger partial charge in [0.1, 0.15) is 6.10 Å². The first-order valence-electron chi connectivity index (χ1n) is 14.3. The molecule has 4 N–H and O–H groups in total. The van der Waals surface area contributed by atoms with Crippen molar-refractivity contribution in [3.8, 4) is 0 Å². The van der Waals surface area contributed by atoms with Crippen molar-refractivity contribution >= 4 is 11.9 Å². The van der Waals surface area contributed by atoms with Gasteiger partial charge in [0.25, 0.3) is 0 Å². The lowest BCUT2D eigenvalue weighted by molar-refractivity contribution is -0.155. The molecular formula is C31H48O7. The number of carboxylic acid groups (broad SMARTS) is 1. The van der Waals surface area contributed by atoms with Crippen molar-refractivity contribution in [1.82, 2.24) is 0 Å². The molecule has 3 aliphatic rings. The van der Waals surface area contributed by atoms with Crippen molar-refractivity contribution in [2.24, 2.45) is 23.2 Å². The van der Waals surface area contributed by atoms with Crippen molar-refractivity contribution in [3.05, 3.63) is 35.5 Å². The third kappa shape index (κ3) is 7.80. The maximum Gasteiger partial charge on any atom is 0.306 e. The number of hydrogen-bond donors (Lipinski definition) is 4. The van der Waals surface area contributed by atoms with Crippen LogP contribution in [-0.2, 0) is 14.3 Å². The zero-order chi connectivity index (χ0) is 28.3. The molecule has 0 amide bonds. The molecule has 0 spiro atoms. The number of rotatable bonds is 10. The van der Waals surface area contributed by atoms with E-state index in [1.54, 1.807) is 0 Å². The lowest BCUT2D eigenvalue weighted by Gasteiger charge is -2.47. The molecule has 7 heteroatoms. The van der Waals surface area contributed by atoms with Crippen LogP contribution >= 0.6 is 0 Å². The number of aliphatic carboxylic acids is 1. The lowest BCUT2D eigenvalue weighted by atomic mass is 9.60. The van der Waals surface area contributed by atoms with E-state index in [-0.39, 0.29) is 24.4 Å². The number of aliphatic hydroxyl groups is 3. The maximum absolute atomic E-state index is 12.5. The van der Waals surface area contributed by atoms with Crippen LogP contribution in [0.1, 0.15) is 98.3 Å². The van der Waals surface area contributed by atoms with E-state index in [0.29, 0.717) is 42.6 Å². The highest BCUT2D eigenvalue weighted by Gasteiger charge is 2.53. The van der Waals surface area contributed by atoms with Gasteiger partial charge in [-0.3, -0.25) is 9.59 Å². The molecule has 3 aliphatic carbocycles. The van der Waals surface area contributed by atoms with Crippen LogP contribution in [0.25, 0.3) is 0 Å². The molecule has 0 aliphatic heterocycles. The second-order valence-electron chi connectivity index (χ2n) is 12.9. The number of hydrogen-bond acceptors (Lipinski definition) is 6. The van der Waals surface area contributed by atoms with Gasteiger partial charge in [-0.2, -0.15) is 0 Å². The van der Waals surface area contributed by atoms with Gasteiger partial charge in [-0.15, -0.1) is 0 Å². The Labute approximate surface area is 227 Å². The van der Waals surface area contributed by atoms with Crippen molar-refractivity contribution in [2.75, 3.05) is 0 Å². The molecule has 0 aromatic rings. The number of carboxylic acids is 1. The van der Waals surface area contributed by atoms with E-state index >= 15 is 0 Å². The highest BCUT2D eigenvalue weighted by Crippen LogP contribution is 2.60. The molecule has 3 saturated carbocycles. The Bertz CT molecular complexity index is 942. The second kappa shape index (κ2) is 12.5. The van der Waals surface area contributed by atoms with Crippen LogP contribution in [0, 0.1) is 23.2 Å². The molecule has 3 rings (SSSR count). The highest BCUT2D eigenvalue weighted by molar-refractivity contribution is 5.76. The van der Waals surface area contributed by atoms with Gasteiger partial charge in [-0.05, 0) is 80.3 Å². The summed E-state index contributed by atoms with van der Waals surface area (Å²) in [5, 5.41) is 39.5. The molecule has 38 heavy (non-hydrogen) atoms. The molecule has 7 atom stereocenters. The summed E-state index contributed by atoms with van der Waals surface area (Å²) in [5.41, 5.74) is 1.95. The van der Waals surface area contributed by atoms with Crippen LogP contribution in [0.5, 0.6) is 0 Å². The first-order chi connectivity index (χ1) is 17.7. The normalized spacial score (nSPS) is 34.8. The van der Waals surface area contributed by atoms with Gasteiger partial charge in [0, 0.05) is 12.8 Å². The van der Waals surface area contributed by atoms with E-state index in [1.807, 2.05) is 19.9 Å². The smallest absolute Gasteiger partial charge is 0.306 e. The SMILES string of the molecule is C=C1/C(=C\C=C2/C[C@H](OC(=O)CCC(=O)O)C[C@]3(C)[C@@H]([C@H](C)CCCC(C)(C)O)CC[C@@H]23)C[C@@H](O)C[C@@H]1O. The average molecular weight is 533 g/mol. The summed E-state index contributed by atoms with van der Waals surface area (Å²) in [4.78, 5) is 23.4. The minimum Gasteiger partial charge on any atom is -0.481 e. The minimum absolute atomic E-state index is 0.0723. The third-order valence-electron chi connectivity index (χ3n) is 9.23. The second-order valence-corrected chi connectivity index (χ2v) is 12.9. The zero-order valence-electron chi connectivity index (χ0n) is 23.6. The predicted octanol–water partition coefficient (Wildman–Crippen LogP) is 5.09. The summed E-state index contributed by atoms with van der Waals surface area (Å²) in [6.07, 6.45) is 8.99. The number of ether oxygens (including phenoxy) is 1. The Hall–Kier alpha value is -1.96. The molecule has 0 saturated heterocycles. The number of aliphatic hydroxyl groups excluding tert-OH is 2. The van der Waals surface area contributed by atoms with Gasteiger partial charge in [-0.25, -0.2) is 0 Å². The van der Waals surface area contributed by atoms with E-state index in [0.717, 1.165) is 44.1 Å². The number of allylic oxidation sites excluding steroid dienone is 2. The lowest BCUT2D eigenvalue weighted by Crippen LogP contribution is -2.42. The third-order valence-corrected chi connectivity index (χ3v) is 9.23. The maximum atomic E-state index is 12.5. The molecule has 0 heterocycles. The van der Waals surface area contributed by atoms with Gasteiger partial charge in [-0.1, -0.05) is 51.0 Å². The first kappa shape index (κ1) is 30.6. The largest absolute Gasteiger partial charge is 0.481 e. The monoisotopic (exact) mass is 532 g/mol. The highest BCUT2D eigenvalue weighted by atomic mass is 16.5. The Kier molecular flexibility index (Phi) is 10.0. The summed E-state index contributed by atoms with van der Waals surface area (Å²) in [6, 6.07) is 0. The summed E-state index contributed by atoms with van der Waals surface area (Å²) in [5.74, 6) is -0.257. The van der Waals surface area contributed by atoms with Crippen LogP contribution in [-0.4, -0.2) is 56.3 Å². The summed E-state index contributed by atoms with van der Waals surface area (Å²) >= 11 is 0. The molecule has 0 bridgehead atoms. The quantitative estimate of drug-likeness (QED) is 0.289. The Morgan fingerprint density at radius 1 is 1.18 bits per heavy atom. The summed E-state index contributed by atoms with van der Waals surface area (Å²) in [6.45, 7) is 12.3. The molecule has 214 valence electrons. The van der Waals surface area contributed by atoms with Crippen LogP contribution in [0.3, 0.4) is 0 Å². The minimum atomic E-state index is -1.02. The first-order valence-corrected chi connectivity index (χ1v) is 14.3. The van der Waals surface area contributed by atoms with Crippen LogP contribution in [0.2, 0.25) is 0 Å². The van der Waals surface area contributed by atoms with Gasteiger partial charge in [0.15, 0.2) is 0 Å². The van der Waals surface area contributed by atoms with E-state index < -0.39 is 29.7 Å². The summed E-state index contributed by atoms with van der Waals surface area (Å²) < 4.78 is 5.85. The molecule has 0 radical (unpaired) electrons. The van der Waals surface area contributed by atoms with E-state index in [1.165, 1.54) is 5.57 Å². The molecule has 0 unspecified atom stereocenters. The average Bonchev–Trinajstić information content (AvgIpc) is 3.15. The Morgan fingerprint density at radius 3 is 2.55 bits per heavy atom. The van der Waals surface area contributed by atoms with Gasteiger partial charge in [0.05, 0.1) is 30.7 Å². The Balaban J connectivity index is 1.84. The van der Waals surface area contributed by atoms with Crippen molar-refractivity contribution in [1.29, 1.82) is 0 Å². The van der Waals surface area contributed by atoms with Crippen LogP contribution < -0.4 is 0 Å². The number of carbonyl (C=O) groups excluding carboxylic acids is 1. The number of fused-ring (bicyclic) bond motifs is 1. The molecule has 3 fully saturated rings. The van der Waals surface area contributed by atoms with Crippen molar-refractivity contribution in [2.45, 2.75) is 122 Å². The van der Waals surface area contributed by atoms with Gasteiger partial charge >= 0.3 is 11.9 Å². The van der Waals surface area contributed by atoms with Crippen LogP contribution in [0.15, 0.2) is 35.5 Å². The molecular weight excluding hydrogens is 484 g/mol. The van der Waals surface area contributed by atoms with Gasteiger partial charge in [0.2, 0.25) is 0 Å². The molecule has 0 aromatic carbocycles. The van der Waals surface area contributed by atoms with Gasteiger partial charge < -0.3 is 25.2 Å². The van der Waals surface area contributed by atoms with Crippen molar-refractivity contribution < 1.29 is 34.8 Å². The topological polar surface area (TPSA) is 124 Å². The summed E-state index contributed by atoms with van der Waals surface area (Å²) in [7, 11) is 0.